The molecule has 0 radical (unpaired) electrons. The Morgan fingerprint density at radius 1 is 1.28 bits per heavy atom. The number of amides is 1. The first-order valence-corrected chi connectivity index (χ1v) is 7.80. The lowest BCUT2D eigenvalue weighted by molar-refractivity contribution is -0.223. The van der Waals surface area contributed by atoms with E-state index in [1.807, 2.05) is 13.8 Å². The summed E-state index contributed by atoms with van der Waals surface area (Å²) in [5.74, 6) is -0.623. The van der Waals surface area contributed by atoms with Crippen LogP contribution in [0.1, 0.15) is 37.1 Å². The molecule has 1 amide bonds. The third-order valence-corrected chi connectivity index (χ3v) is 3.45. The second kappa shape index (κ2) is 8.15. The zero-order valence-electron chi connectivity index (χ0n) is 14.0. The van der Waals surface area contributed by atoms with E-state index < -0.39 is 24.8 Å². The minimum Gasteiger partial charge on any atom is -0.354 e. The minimum atomic E-state index is -4.60. The van der Waals surface area contributed by atoms with Crippen LogP contribution < -0.4 is 5.32 Å². The fourth-order valence-corrected chi connectivity index (χ4v) is 2.17. The van der Waals surface area contributed by atoms with E-state index in [1.54, 1.807) is 23.1 Å². The molecule has 1 aromatic carbocycles. The largest absolute Gasteiger partial charge is 0.418 e. The third-order valence-electron chi connectivity index (χ3n) is 3.45. The van der Waals surface area contributed by atoms with Gasteiger partial charge in [0.05, 0.1) is 6.20 Å². The Morgan fingerprint density at radius 3 is 2.52 bits per heavy atom. The zero-order valence-corrected chi connectivity index (χ0v) is 14.0. The number of aromatic nitrogens is 2. The van der Waals surface area contributed by atoms with E-state index in [0.29, 0.717) is 0 Å². The van der Waals surface area contributed by atoms with Crippen molar-refractivity contribution in [1.29, 1.82) is 0 Å². The van der Waals surface area contributed by atoms with Crippen molar-refractivity contribution in [1.82, 2.24) is 15.1 Å². The Kier molecular flexibility index (Phi) is 6.19. The van der Waals surface area contributed by atoms with Gasteiger partial charge in [0.15, 0.2) is 6.10 Å². The van der Waals surface area contributed by atoms with Crippen molar-refractivity contribution in [2.24, 2.45) is 0 Å². The van der Waals surface area contributed by atoms with E-state index in [-0.39, 0.29) is 18.2 Å². The minimum absolute atomic E-state index is 0.0407. The van der Waals surface area contributed by atoms with Gasteiger partial charge in [0, 0.05) is 24.3 Å². The molecular formula is C17H20F3N3O2. The third kappa shape index (κ3) is 5.60. The Balaban J connectivity index is 1.88. The molecule has 0 aliphatic rings. The molecule has 0 saturated heterocycles. The SMILES string of the molecule is CC(C)n1cc(CNC(=O)CO[C@@H](c2ccccc2)C(F)(F)F)cn1. The van der Waals surface area contributed by atoms with Crippen molar-refractivity contribution < 1.29 is 22.7 Å². The fourth-order valence-electron chi connectivity index (χ4n) is 2.17. The van der Waals surface area contributed by atoms with Gasteiger partial charge >= 0.3 is 6.18 Å². The van der Waals surface area contributed by atoms with Gasteiger partial charge < -0.3 is 10.1 Å². The van der Waals surface area contributed by atoms with Gasteiger partial charge in [0.1, 0.15) is 6.61 Å². The van der Waals surface area contributed by atoms with Crippen LogP contribution in [-0.4, -0.2) is 28.5 Å². The van der Waals surface area contributed by atoms with Gasteiger partial charge in [0.2, 0.25) is 5.91 Å². The molecule has 8 heteroatoms. The molecule has 0 unspecified atom stereocenters. The molecule has 136 valence electrons. The van der Waals surface area contributed by atoms with Crippen LogP contribution >= 0.6 is 0 Å². The van der Waals surface area contributed by atoms with Gasteiger partial charge in [-0.3, -0.25) is 9.48 Å². The summed E-state index contributed by atoms with van der Waals surface area (Å²) in [7, 11) is 0. The predicted molar refractivity (Wildman–Crippen MR) is 85.6 cm³/mol. The number of ether oxygens (including phenoxy) is 1. The molecule has 2 rings (SSSR count). The van der Waals surface area contributed by atoms with Crippen LogP contribution in [0.15, 0.2) is 42.7 Å². The highest BCUT2D eigenvalue weighted by molar-refractivity contribution is 5.77. The maximum atomic E-state index is 13.1. The molecule has 0 saturated carbocycles. The summed E-state index contributed by atoms with van der Waals surface area (Å²) >= 11 is 0. The number of benzene rings is 1. The van der Waals surface area contributed by atoms with Gasteiger partial charge in [-0.15, -0.1) is 0 Å². The lowest BCUT2D eigenvalue weighted by Gasteiger charge is -2.21. The number of hydrogen-bond acceptors (Lipinski definition) is 3. The molecule has 1 N–H and O–H groups in total. The van der Waals surface area contributed by atoms with Crippen LogP contribution in [0.25, 0.3) is 0 Å². The van der Waals surface area contributed by atoms with Crippen molar-refractivity contribution in [2.45, 2.75) is 38.7 Å². The molecule has 1 heterocycles. The summed E-state index contributed by atoms with van der Waals surface area (Å²) in [5.41, 5.74) is 0.721. The standard InChI is InChI=1S/C17H20F3N3O2/c1-12(2)23-10-13(9-22-23)8-21-15(24)11-25-16(17(18,19)20)14-6-4-3-5-7-14/h3-7,9-10,12,16H,8,11H2,1-2H3,(H,21,24)/t16-/m0/s1. The lowest BCUT2D eigenvalue weighted by Crippen LogP contribution is -2.31. The Bertz CT molecular complexity index is 684. The first kappa shape index (κ1) is 19.0. The zero-order chi connectivity index (χ0) is 18.4. The van der Waals surface area contributed by atoms with E-state index in [4.69, 9.17) is 4.74 Å². The topological polar surface area (TPSA) is 56.2 Å². The average Bonchev–Trinajstić information content (AvgIpc) is 3.02. The maximum absolute atomic E-state index is 13.1. The second-order valence-electron chi connectivity index (χ2n) is 5.84. The van der Waals surface area contributed by atoms with E-state index >= 15 is 0 Å². The average molecular weight is 355 g/mol. The van der Waals surface area contributed by atoms with Crippen LogP contribution in [0, 0.1) is 0 Å². The summed E-state index contributed by atoms with van der Waals surface area (Å²) in [4.78, 5) is 11.8. The lowest BCUT2D eigenvalue weighted by atomic mass is 10.1. The van der Waals surface area contributed by atoms with Gasteiger partial charge in [-0.1, -0.05) is 30.3 Å². The number of nitrogens with one attached hydrogen (secondary N) is 1. The highest BCUT2D eigenvalue weighted by Gasteiger charge is 2.42. The Morgan fingerprint density at radius 2 is 1.96 bits per heavy atom. The quantitative estimate of drug-likeness (QED) is 0.828. The van der Waals surface area contributed by atoms with Gasteiger partial charge in [-0.25, -0.2) is 0 Å². The van der Waals surface area contributed by atoms with Crippen LogP contribution in [0.5, 0.6) is 0 Å². The number of alkyl halides is 3. The molecule has 1 atom stereocenters. The van der Waals surface area contributed by atoms with Crippen LogP contribution in [0.2, 0.25) is 0 Å². The van der Waals surface area contributed by atoms with Gasteiger partial charge in [-0.05, 0) is 19.4 Å². The van der Waals surface area contributed by atoms with Crippen molar-refractivity contribution in [3.63, 3.8) is 0 Å². The molecule has 0 spiro atoms. The number of halogens is 3. The Labute approximate surface area is 143 Å². The van der Waals surface area contributed by atoms with Crippen LogP contribution in [0.3, 0.4) is 0 Å². The monoisotopic (exact) mass is 355 g/mol. The smallest absolute Gasteiger partial charge is 0.354 e. The molecule has 0 aliphatic heterocycles. The van der Waals surface area contributed by atoms with E-state index in [9.17, 15) is 18.0 Å². The summed E-state index contributed by atoms with van der Waals surface area (Å²) in [5, 5.41) is 6.65. The predicted octanol–water partition coefficient (Wildman–Crippen LogP) is 3.40. The molecule has 0 bridgehead atoms. The highest BCUT2D eigenvalue weighted by Crippen LogP contribution is 2.35. The summed E-state index contributed by atoms with van der Waals surface area (Å²) in [6.45, 7) is 3.42. The normalized spacial score (nSPS) is 13.0. The first-order chi connectivity index (χ1) is 11.8. The number of hydrogen-bond donors (Lipinski definition) is 1. The van der Waals surface area contributed by atoms with Crippen LogP contribution in [-0.2, 0) is 16.1 Å². The molecule has 0 aliphatic carbocycles. The van der Waals surface area contributed by atoms with Crippen LogP contribution in [0.4, 0.5) is 13.2 Å². The number of carbonyl (C=O) groups excluding carboxylic acids is 1. The first-order valence-electron chi connectivity index (χ1n) is 7.80. The summed E-state index contributed by atoms with van der Waals surface area (Å²) in [6, 6.07) is 7.41. The van der Waals surface area contributed by atoms with Gasteiger partial charge in [0.25, 0.3) is 0 Å². The maximum Gasteiger partial charge on any atom is 0.418 e. The molecule has 1 aromatic heterocycles. The molecular weight excluding hydrogens is 335 g/mol. The summed E-state index contributed by atoms with van der Waals surface area (Å²) < 4.78 is 45.9. The second-order valence-corrected chi connectivity index (χ2v) is 5.84. The van der Waals surface area contributed by atoms with E-state index in [0.717, 1.165) is 5.56 Å². The van der Waals surface area contributed by atoms with Crippen molar-refractivity contribution >= 4 is 5.91 Å². The van der Waals surface area contributed by atoms with E-state index in [2.05, 4.69) is 10.4 Å². The molecule has 5 nitrogen and oxygen atoms in total. The highest BCUT2D eigenvalue weighted by atomic mass is 19.4. The van der Waals surface area contributed by atoms with Crippen molar-refractivity contribution in [3.05, 3.63) is 53.9 Å². The number of carbonyl (C=O) groups is 1. The molecule has 0 fully saturated rings. The van der Waals surface area contributed by atoms with Crippen molar-refractivity contribution in [2.75, 3.05) is 6.61 Å². The Hall–Kier alpha value is -2.35. The summed E-state index contributed by atoms with van der Waals surface area (Å²) in [6.07, 6.45) is -3.36. The number of nitrogens with zero attached hydrogens (tertiary/aromatic N) is 2. The molecule has 2 aromatic rings. The fraction of sp³-hybridized carbons (Fsp3) is 0.412. The molecule has 25 heavy (non-hydrogen) atoms. The van der Waals surface area contributed by atoms with E-state index in [1.165, 1.54) is 24.3 Å². The number of rotatable bonds is 7. The van der Waals surface area contributed by atoms with Crippen molar-refractivity contribution in [3.8, 4) is 0 Å². The van der Waals surface area contributed by atoms with Gasteiger partial charge in [-0.2, -0.15) is 18.3 Å².